The lowest BCUT2D eigenvalue weighted by atomic mass is 9.91. The maximum absolute atomic E-state index is 13.1. The molecule has 1 aromatic carbocycles. The minimum atomic E-state index is -1.76. The summed E-state index contributed by atoms with van der Waals surface area (Å²) in [6.45, 7) is 4.84. The van der Waals surface area contributed by atoms with E-state index >= 15 is 0 Å². The Morgan fingerprint density at radius 2 is 1.83 bits per heavy atom. The van der Waals surface area contributed by atoms with E-state index in [0.29, 0.717) is 41.8 Å². The van der Waals surface area contributed by atoms with Gasteiger partial charge in [-0.25, -0.2) is 4.99 Å². The van der Waals surface area contributed by atoms with E-state index in [-0.39, 0.29) is 19.0 Å². The number of piperazine rings is 1. The Morgan fingerprint density at radius 1 is 1.20 bits per heavy atom. The number of nitrogens with two attached hydrogens (primary N) is 1. The van der Waals surface area contributed by atoms with E-state index in [1.165, 1.54) is 14.2 Å². The highest BCUT2D eigenvalue weighted by Gasteiger charge is 2.43. The van der Waals surface area contributed by atoms with Crippen molar-refractivity contribution in [2.24, 2.45) is 10.7 Å². The predicted molar refractivity (Wildman–Crippen MR) is 114 cm³/mol. The number of carbonyl (C=O) groups is 2. The summed E-state index contributed by atoms with van der Waals surface area (Å²) in [5.41, 5.74) is 5.77. The summed E-state index contributed by atoms with van der Waals surface area (Å²) in [7, 11) is 3.02. The van der Waals surface area contributed by atoms with Gasteiger partial charge >= 0.3 is 5.97 Å². The summed E-state index contributed by atoms with van der Waals surface area (Å²) >= 11 is 0. The van der Waals surface area contributed by atoms with Crippen LogP contribution in [-0.2, 0) is 20.0 Å². The Balaban J connectivity index is 0.00000320. The van der Waals surface area contributed by atoms with Crippen LogP contribution in [-0.4, -0.2) is 69.6 Å². The average molecular weight is 442 g/mol. The number of Topliss-reactive ketones (excluding diaryl/α,β-unsaturated/α-hetero) is 1. The summed E-state index contributed by atoms with van der Waals surface area (Å²) in [6, 6.07) is 3.33. The van der Waals surface area contributed by atoms with Gasteiger partial charge in [-0.3, -0.25) is 15.3 Å². The van der Waals surface area contributed by atoms with E-state index in [0.717, 1.165) is 13.1 Å². The Hall–Kier alpha value is -2.56. The van der Waals surface area contributed by atoms with Crippen LogP contribution in [0.2, 0.25) is 0 Å². The molecule has 0 spiro atoms. The minimum absolute atomic E-state index is 0. The third-order valence-electron chi connectivity index (χ3n) is 4.91. The largest absolute Gasteiger partial charge is 0.493 e. The van der Waals surface area contributed by atoms with Crippen LogP contribution < -0.4 is 25.8 Å². The van der Waals surface area contributed by atoms with Crippen LogP contribution in [0.1, 0.15) is 18.9 Å². The van der Waals surface area contributed by atoms with Gasteiger partial charge in [0.1, 0.15) is 6.42 Å². The summed E-state index contributed by atoms with van der Waals surface area (Å²) in [4.78, 5) is 31.6. The molecule has 10 nitrogen and oxygen atoms in total. The molecule has 0 aliphatic carbocycles. The number of aliphatic imine (C=N–C) groups is 1. The van der Waals surface area contributed by atoms with Gasteiger partial charge in [0.25, 0.3) is 0 Å². The van der Waals surface area contributed by atoms with Gasteiger partial charge < -0.3 is 29.7 Å². The lowest BCUT2D eigenvalue weighted by Crippen LogP contribution is -2.54. The van der Waals surface area contributed by atoms with Crippen LogP contribution in [0, 0.1) is 0 Å². The first kappa shape index (κ1) is 23.7. The van der Waals surface area contributed by atoms with Crippen molar-refractivity contribution in [2.45, 2.75) is 19.0 Å². The topological polar surface area (TPSA) is 128 Å². The number of anilines is 1. The Bertz CT molecular complexity index is 828. The Morgan fingerprint density at radius 3 is 2.43 bits per heavy atom. The molecule has 0 radical (unpaired) electrons. The number of rotatable bonds is 6. The van der Waals surface area contributed by atoms with Crippen molar-refractivity contribution in [2.75, 3.05) is 52.3 Å². The van der Waals surface area contributed by atoms with Crippen LogP contribution in [0.4, 0.5) is 5.69 Å². The number of esters is 1. The highest BCUT2D eigenvalue weighted by atomic mass is 35.5. The Kier molecular flexibility index (Phi) is 7.88. The van der Waals surface area contributed by atoms with Gasteiger partial charge in [0, 0.05) is 37.8 Å². The molecule has 3 rings (SSSR count). The molecule has 0 saturated carbocycles. The number of nitrogens with one attached hydrogen (secondary N) is 2. The number of nitrogens with zero attached hydrogens (tertiary/aromatic N) is 2. The van der Waals surface area contributed by atoms with Crippen LogP contribution >= 0.6 is 12.4 Å². The average Bonchev–Trinajstić information content (AvgIpc) is 2.73. The number of carbonyl (C=O) groups excluding carboxylic acids is 2. The molecular weight excluding hydrogens is 414 g/mol. The van der Waals surface area contributed by atoms with Gasteiger partial charge in [0.05, 0.1) is 26.5 Å². The third-order valence-corrected chi connectivity index (χ3v) is 4.91. The number of hydrogen-bond donors (Lipinski definition) is 3. The quantitative estimate of drug-likeness (QED) is 0.425. The zero-order valence-electron chi connectivity index (χ0n) is 17.3. The second kappa shape index (κ2) is 9.96. The molecule has 4 N–H and O–H groups in total. The predicted octanol–water partition coefficient (Wildman–Crippen LogP) is 0.446. The van der Waals surface area contributed by atoms with Crippen molar-refractivity contribution in [3.05, 3.63) is 17.7 Å². The molecule has 11 heteroatoms. The van der Waals surface area contributed by atoms with Crippen molar-refractivity contribution < 1.29 is 23.8 Å². The zero-order valence-corrected chi connectivity index (χ0v) is 18.1. The number of ketones is 1. The molecule has 166 valence electrons. The molecule has 0 amide bonds. The maximum atomic E-state index is 13.1. The van der Waals surface area contributed by atoms with Crippen LogP contribution in [0.5, 0.6) is 11.5 Å². The SMILES string of the molecule is CCOC(=O)CC(=O)C1(N)N=C(N2CCNCC2)Nc2cc(OC)c(OC)cc21.Cl. The molecule has 0 bridgehead atoms. The number of methoxy groups -OCH3 is 2. The molecule has 1 atom stereocenters. The fourth-order valence-corrected chi connectivity index (χ4v) is 3.39. The first-order valence-electron chi connectivity index (χ1n) is 9.49. The van der Waals surface area contributed by atoms with E-state index in [2.05, 4.69) is 15.6 Å². The van der Waals surface area contributed by atoms with Gasteiger partial charge in [-0.2, -0.15) is 0 Å². The first-order chi connectivity index (χ1) is 13.9. The van der Waals surface area contributed by atoms with Gasteiger partial charge in [-0.05, 0) is 13.0 Å². The van der Waals surface area contributed by atoms with Gasteiger partial charge in [-0.1, -0.05) is 0 Å². The summed E-state index contributed by atoms with van der Waals surface area (Å²) in [5, 5.41) is 6.52. The minimum Gasteiger partial charge on any atom is -0.493 e. The zero-order chi connectivity index (χ0) is 21.0. The van der Waals surface area contributed by atoms with Crippen LogP contribution in [0.25, 0.3) is 0 Å². The molecule has 2 aliphatic rings. The Labute approximate surface area is 181 Å². The standard InChI is InChI=1S/C19H27N5O5.ClH/c1-4-29-17(26)11-16(25)19(20)12-9-14(27-2)15(28-3)10-13(12)22-18(23-19)24-7-5-21-6-8-24;/h9-10,21H,4-8,11,20H2,1-3H3,(H,22,23);1H. The molecule has 1 aromatic rings. The molecule has 30 heavy (non-hydrogen) atoms. The smallest absolute Gasteiger partial charge is 0.313 e. The van der Waals surface area contributed by atoms with Gasteiger partial charge in [0.2, 0.25) is 5.96 Å². The molecule has 0 aromatic heterocycles. The molecular formula is C19H28ClN5O5. The van der Waals surface area contributed by atoms with Crippen molar-refractivity contribution in [3.63, 3.8) is 0 Å². The van der Waals surface area contributed by atoms with Crippen molar-refractivity contribution in [1.29, 1.82) is 0 Å². The normalized spacial score (nSPS) is 20.1. The molecule has 1 saturated heterocycles. The number of hydrogen-bond acceptors (Lipinski definition) is 10. The van der Waals surface area contributed by atoms with Crippen molar-refractivity contribution >= 4 is 35.8 Å². The van der Waals surface area contributed by atoms with Gasteiger partial charge in [-0.15, -0.1) is 12.4 Å². The summed E-state index contributed by atoms with van der Waals surface area (Å²) in [6.07, 6.45) is -0.476. The molecule has 2 heterocycles. The van der Waals surface area contributed by atoms with Crippen molar-refractivity contribution in [3.8, 4) is 11.5 Å². The number of guanidine groups is 1. The van der Waals surface area contributed by atoms with E-state index < -0.39 is 23.8 Å². The molecule has 2 aliphatic heterocycles. The molecule has 1 unspecified atom stereocenters. The monoisotopic (exact) mass is 441 g/mol. The first-order valence-corrected chi connectivity index (χ1v) is 9.49. The third kappa shape index (κ3) is 4.61. The van der Waals surface area contributed by atoms with E-state index in [1.807, 2.05) is 4.90 Å². The lowest BCUT2D eigenvalue weighted by Gasteiger charge is -2.38. The van der Waals surface area contributed by atoms with Gasteiger partial charge in [0.15, 0.2) is 22.9 Å². The lowest BCUT2D eigenvalue weighted by molar-refractivity contribution is -0.146. The number of fused-ring (bicyclic) bond motifs is 1. The highest BCUT2D eigenvalue weighted by molar-refractivity contribution is 6.07. The maximum Gasteiger partial charge on any atom is 0.313 e. The van der Waals surface area contributed by atoms with E-state index in [1.54, 1.807) is 19.1 Å². The van der Waals surface area contributed by atoms with E-state index in [4.69, 9.17) is 19.9 Å². The second-order valence-electron chi connectivity index (χ2n) is 6.72. The number of benzene rings is 1. The van der Waals surface area contributed by atoms with Crippen molar-refractivity contribution in [1.82, 2.24) is 10.2 Å². The fraction of sp³-hybridized carbons (Fsp3) is 0.526. The second-order valence-corrected chi connectivity index (χ2v) is 6.72. The number of halogens is 1. The van der Waals surface area contributed by atoms with Crippen LogP contribution in [0.3, 0.4) is 0 Å². The number of ether oxygens (including phenoxy) is 3. The molecule has 1 fully saturated rings. The summed E-state index contributed by atoms with van der Waals surface area (Å²) in [5.74, 6) is 0.180. The highest BCUT2D eigenvalue weighted by Crippen LogP contribution is 2.41. The van der Waals surface area contributed by atoms with Crippen LogP contribution in [0.15, 0.2) is 17.1 Å². The summed E-state index contributed by atoms with van der Waals surface area (Å²) < 4.78 is 15.7. The van der Waals surface area contributed by atoms with E-state index in [9.17, 15) is 9.59 Å². The fourth-order valence-electron chi connectivity index (χ4n) is 3.39.